The summed E-state index contributed by atoms with van der Waals surface area (Å²) in [6.07, 6.45) is 5.67. The van der Waals surface area contributed by atoms with Crippen molar-refractivity contribution in [1.29, 1.82) is 0 Å². The largest absolute Gasteiger partial charge is 0.409 e. The number of hydrogen-bond acceptors (Lipinski definition) is 2. The van der Waals surface area contributed by atoms with E-state index in [1.807, 2.05) is 0 Å². The van der Waals surface area contributed by atoms with E-state index < -0.39 is 16.6 Å². The summed E-state index contributed by atoms with van der Waals surface area (Å²) in [7, 11) is -3.21. The number of rotatable bonds is 9. The van der Waals surface area contributed by atoms with Gasteiger partial charge in [0.25, 0.3) is 0 Å². The average molecular weight is 429 g/mol. The van der Waals surface area contributed by atoms with Gasteiger partial charge in [0, 0.05) is 0 Å². The Balaban J connectivity index is 5.29. The van der Waals surface area contributed by atoms with Gasteiger partial charge in [-0.3, -0.25) is 0 Å². The van der Waals surface area contributed by atoms with E-state index in [0.29, 0.717) is 0 Å². The van der Waals surface area contributed by atoms with E-state index in [1.165, 1.54) is 12.8 Å². The molecule has 2 unspecified atom stereocenters. The van der Waals surface area contributed by atoms with E-state index in [4.69, 9.17) is 8.85 Å². The summed E-state index contributed by atoms with van der Waals surface area (Å²) in [5.41, 5.74) is -0.206. The fourth-order valence-corrected chi connectivity index (χ4v) is 5.38. The van der Waals surface area contributed by atoms with Gasteiger partial charge in [0.1, 0.15) is 0 Å². The van der Waals surface area contributed by atoms with Crippen molar-refractivity contribution in [3.05, 3.63) is 10.2 Å². The molecule has 0 aromatic rings. The second-order valence-electron chi connectivity index (χ2n) is 7.60. The van der Waals surface area contributed by atoms with Crippen molar-refractivity contribution < 1.29 is 8.85 Å². The van der Waals surface area contributed by atoms with Crippen LogP contribution >= 0.6 is 22.6 Å². The molecular weight excluding hydrogens is 395 g/mol. The summed E-state index contributed by atoms with van der Waals surface area (Å²) in [5.74, 6) is 0. The molecule has 0 aromatic heterocycles. The Hall–Kier alpha value is 0.824. The van der Waals surface area contributed by atoms with Crippen molar-refractivity contribution >= 4 is 39.2 Å². The molecule has 2 atom stereocenters. The van der Waals surface area contributed by atoms with E-state index in [-0.39, 0.29) is 11.7 Å². The molecule has 0 aliphatic carbocycles. The van der Waals surface area contributed by atoms with Crippen LogP contribution in [0.15, 0.2) is 10.2 Å². The molecule has 0 saturated heterocycles. The minimum Gasteiger partial charge on any atom is -0.409 e. The Kier molecular flexibility index (Phi) is 8.80. The fraction of sp³-hybridized carbons (Fsp3) is 0.867. The second-order valence-corrected chi connectivity index (χ2v) is 17.2. The maximum atomic E-state index is 6.57. The van der Waals surface area contributed by atoms with E-state index in [9.17, 15) is 0 Å². The highest BCUT2D eigenvalue weighted by Gasteiger charge is 2.39. The summed E-state index contributed by atoms with van der Waals surface area (Å²) >= 11 is 2.28. The van der Waals surface area contributed by atoms with E-state index >= 15 is 0 Å². The third-order valence-corrected chi connectivity index (χ3v) is 5.35. The lowest BCUT2D eigenvalue weighted by Crippen LogP contribution is -2.52. The van der Waals surface area contributed by atoms with Gasteiger partial charge in [0.2, 0.25) is 0 Å². The molecule has 120 valence electrons. The number of halogens is 1. The van der Waals surface area contributed by atoms with Crippen LogP contribution in [0.5, 0.6) is 0 Å². The Morgan fingerprint density at radius 3 is 2.00 bits per heavy atom. The van der Waals surface area contributed by atoms with Gasteiger partial charge in [-0.1, -0.05) is 42.4 Å². The zero-order chi connectivity index (χ0) is 16.0. The Morgan fingerprint density at radius 1 is 1.10 bits per heavy atom. The molecule has 0 aliphatic rings. The number of unbranched alkanes of at least 4 members (excludes halogenated alkanes) is 1. The van der Waals surface area contributed by atoms with Crippen LogP contribution in [0.2, 0.25) is 39.3 Å². The lowest BCUT2D eigenvalue weighted by Gasteiger charge is -2.43. The third kappa shape index (κ3) is 8.97. The molecule has 0 amide bonds. The highest BCUT2D eigenvalue weighted by Crippen LogP contribution is 2.32. The minimum absolute atomic E-state index is 0.0596. The van der Waals surface area contributed by atoms with E-state index in [0.717, 1.165) is 6.42 Å². The summed E-state index contributed by atoms with van der Waals surface area (Å²) in [6.45, 7) is 18.0. The standard InChI is InChI=1S/C15H33IO2Si2/c1-9-10-12-15(2,18-20(6,7)8)14(11-13-16)17-19(3,4)5/h11,13-14H,9-10,12H2,1-8H3. The first kappa shape index (κ1) is 20.8. The molecule has 0 spiro atoms. The molecule has 5 heteroatoms. The molecule has 0 rings (SSSR count). The molecule has 0 aliphatic heterocycles. The van der Waals surface area contributed by atoms with Crippen LogP contribution in [0.3, 0.4) is 0 Å². The molecule has 0 radical (unpaired) electrons. The van der Waals surface area contributed by atoms with Crippen molar-refractivity contribution in [1.82, 2.24) is 0 Å². The van der Waals surface area contributed by atoms with Crippen molar-refractivity contribution in [2.75, 3.05) is 0 Å². The van der Waals surface area contributed by atoms with Crippen LogP contribution in [-0.4, -0.2) is 28.3 Å². The summed E-state index contributed by atoms with van der Waals surface area (Å²) < 4.78 is 15.1. The number of hydrogen-bond donors (Lipinski definition) is 0. The first-order valence-electron chi connectivity index (χ1n) is 7.58. The van der Waals surface area contributed by atoms with Gasteiger partial charge in [-0.15, -0.1) is 0 Å². The summed E-state index contributed by atoms with van der Waals surface area (Å²) in [4.78, 5) is 0. The minimum atomic E-state index is -1.61. The molecule has 0 fully saturated rings. The predicted octanol–water partition coefficient (Wildman–Crippen LogP) is 5.96. The Morgan fingerprint density at radius 2 is 1.65 bits per heavy atom. The smallest absolute Gasteiger partial charge is 0.184 e. The molecular formula is C15H33IO2Si2. The highest BCUT2D eigenvalue weighted by molar-refractivity contribution is 14.1. The maximum Gasteiger partial charge on any atom is 0.184 e. The molecule has 0 aromatic carbocycles. The maximum absolute atomic E-state index is 6.57. The SMILES string of the molecule is CCCCC(C)(O[Si](C)(C)C)C(C=CI)O[Si](C)(C)C. The topological polar surface area (TPSA) is 18.5 Å². The second kappa shape index (κ2) is 8.45. The molecule has 0 bridgehead atoms. The Bertz CT molecular complexity index is 308. The summed E-state index contributed by atoms with van der Waals surface area (Å²) in [6, 6.07) is 0. The van der Waals surface area contributed by atoms with Crippen molar-refractivity contribution in [2.45, 2.75) is 84.1 Å². The van der Waals surface area contributed by atoms with Crippen molar-refractivity contribution in [3.8, 4) is 0 Å². The van der Waals surface area contributed by atoms with Gasteiger partial charge in [0.05, 0.1) is 11.7 Å². The van der Waals surface area contributed by atoms with Gasteiger partial charge in [-0.05, 0) is 62.8 Å². The molecule has 0 heterocycles. The molecule has 20 heavy (non-hydrogen) atoms. The monoisotopic (exact) mass is 428 g/mol. The van der Waals surface area contributed by atoms with Crippen LogP contribution in [0.4, 0.5) is 0 Å². The van der Waals surface area contributed by atoms with Crippen molar-refractivity contribution in [3.63, 3.8) is 0 Å². The van der Waals surface area contributed by atoms with Gasteiger partial charge in [-0.2, -0.15) is 0 Å². The van der Waals surface area contributed by atoms with Gasteiger partial charge in [0.15, 0.2) is 16.6 Å². The zero-order valence-electron chi connectivity index (χ0n) is 14.5. The van der Waals surface area contributed by atoms with Crippen LogP contribution in [-0.2, 0) is 8.85 Å². The predicted molar refractivity (Wildman–Crippen MR) is 104 cm³/mol. The van der Waals surface area contributed by atoms with Crippen LogP contribution in [0.25, 0.3) is 0 Å². The van der Waals surface area contributed by atoms with E-state index in [1.54, 1.807) is 0 Å². The quantitative estimate of drug-likeness (QED) is 0.333. The first-order chi connectivity index (χ1) is 8.93. The van der Waals surface area contributed by atoms with Gasteiger partial charge >= 0.3 is 0 Å². The van der Waals surface area contributed by atoms with Crippen molar-refractivity contribution in [2.24, 2.45) is 0 Å². The molecule has 2 nitrogen and oxygen atoms in total. The Labute approximate surface area is 142 Å². The zero-order valence-corrected chi connectivity index (χ0v) is 18.7. The lowest BCUT2D eigenvalue weighted by molar-refractivity contribution is -0.0211. The fourth-order valence-electron chi connectivity index (χ4n) is 2.29. The van der Waals surface area contributed by atoms with Gasteiger partial charge in [-0.25, -0.2) is 0 Å². The first-order valence-corrected chi connectivity index (χ1v) is 15.6. The third-order valence-electron chi connectivity index (χ3n) is 2.90. The van der Waals surface area contributed by atoms with Crippen LogP contribution < -0.4 is 0 Å². The molecule has 0 saturated carbocycles. The molecule has 0 N–H and O–H groups in total. The van der Waals surface area contributed by atoms with Crippen LogP contribution in [0, 0.1) is 0 Å². The average Bonchev–Trinajstić information content (AvgIpc) is 2.21. The highest BCUT2D eigenvalue weighted by atomic mass is 127. The summed E-state index contributed by atoms with van der Waals surface area (Å²) in [5, 5.41) is 0. The van der Waals surface area contributed by atoms with Gasteiger partial charge < -0.3 is 8.85 Å². The van der Waals surface area contributed by atoms with E-state index in [2.05, 4.69) is 85.9 Å². The van der Waals surface area contributed by atoms with Crippen LogP contribution in [0.1, 0.15) is 33.1 Å². The normalized spacial score (nSPS) is 18.2. The lowest BCUT2D eigenvalue weighted by atomic mass is 9.93.